The van der Waals surface area contributed by atoms with Gasteiger partial charge in [-0.25, -0.2) is 9.13 Å². The quantitative estimate of drug-likeness (QED) is 0.0749. The first-order valence-corrected chi connectivity index (χ1v) is 22.8. The van der Waals surface area contributed by atoms with Gasteiger partial charge in [-0.2, -0.15) is 0 Å². The molecule has 0 saturated carbocycles. The molecule has 64 heavy (non-hydrogen) atoms. The minimum Gasteiger partial charge on any atom is -0.407 e. The minimum absolute atomic E-state index is 0.0697. The lowest BCUT2D eigenvalue weighted by Gasteiger charge is -2.31. The molecule has 0 spiro atoms. The van der Waals surface area contributed by atoms with Gasteiger partial charge in [-0.15, -0.1) is 0 Å². The SMILES string of the molecule is CC(C)(c1ccccc1)c1ccc(OP=O)c(C(C)(C)c2ccccc2)c1.CC(C)c1ccccc1.Cc1cc(C(C)(C)c2ccccc2)ccc1OP=O.OCC(CO)(CO)CO. The first kappa shape index (κ1) is 53.3. The highest BCUT2D eigenvalue weighted by Crippen LogP contribution is 2.42. The summed E-state index contributed by atoms with van der Waals surface area (Å²) in [6, 6.07) is 53.9. The van der Waals surface area contributed by atoms with Crippen molar-refractivity contribution >= 4 is 17.4 Å². The van der Waals surface area contributed by atoms with E-state index < -0.39 is 31.8 Å². The minimum atomic E-state index is -1.11. The standard InChI is InChI=1S/C24H25O2P.C16H17O2P.C9H12.C5H12O4/c1-23(2,18-11-7-5-8-12-18)20-15-16-22(26-27-25)21(17-20)24(3,4)19-13-9-6-10-14-19;1-12-11-14(9-10-15(12)18-19-17)16(2,3)13-7-5-4-6-8-13;1-8(2)9-6-4-3-5-7-9;6-1-5(2-7,3-8)4-9/h5-17H,1-4H3;4-11H,1-3H3;3-8H,1-2H3;6-9H,1-4H2. The number of rotatable bonds is 15. The molecule has 10 heteroatoms. The molecular weight excluding hydrogens is 839 g/mol. The molecule has 0 amide bonds. The largest absolute Gasteiger partial charge is 0.407 e. The van der Waals surface area contributed by atoms with Crippen LogP contribution in [0, 0.1) is 12.3 Å². The summed E-state index contributed by atoms with van der Waals surface area (Å²) in [5, 5.41) is 34.0. The molecule has 0 aliphatic heterocycles. The van der Waals surface area contributed by atoms with Gasteiger partial charge in [0.05, 0.1) is 31.8 Å². The average Bonchev–Trinajstić information content (AvgIpc) is 3.32. The van der Waals surface area contributed by atoms with Gasteiger partial charge in [-0.05, 0) is 63.9 Å². The van der Waals surface area contributed by atoms with Crippen molar-refractivity contribution in [1.82, 2.24) is 0 Å². The van der Waals surface area contributed by atoms with Crippen LogP contribution in [0.25, 0.3) is 0 Å². The van der Waals surface area contributed by atoms with Crippen LogP contribution >= 0.6 is 17.4 Å². The van der Waals surface area contributed by atoms with E-state index in [1.165, 1.54) is 33.4 Å². The topological polar surface area (TPSA) is 134 Å². The van der Waals surface area contributed by atoms with Crippen LogP contribution in [0.15, 0.2) is 158 Å². The molecule has 0 heterocycles. The summed E-state index contributed by atoms with van der Waals surface area (Å²) in [6.07, 6.45) is 0. The maximum atomic E-state index is 11.2. The van der Waals surface area contributed by atoms with Crippen molar-refractivity contribution in [2.75, 3.05) is 26.4 Å². The van der Waals surface area contributed by atoms with Crippen LogP contribution < -0.4 is 9.05 Å². The lowest BCUT2D eigenvalue weighted by Crippen LogP contribution is -2.37. The highest BCUT2D eigenvalue weighted by Gasteiger charge is 2.31. The van der Waals surface area contributed by atoms with E-state index in [0.717, 1.165) is 11.1 Å². The molecule has 0 aliphatic rings. The lowest BCUT2D eigenvalue weighted by atomic mass is 9.73. The Bertz CT molecular complexity index is 2260. The number of benzene rings is 6. The van der Waals surface area contributed by atoms with Gasteiger partial charge in [0.2, 0.25) is 0 Å². The molecule has 0 aliphatic carbocycles. The number of aryl methyl sites for hydroxylation is 1. The lowest BCUT2D eigenvalue weighted by molar-refractivity contribution is -0.0328. The van der Waals surface area contributed by atoms with Gasteiger partial charge in [0.25, 0.3) is 0 Å². The van der Waals surface area contributed by atoms with Gasteiger partial charge >= 0.3 is 17.4 Å². The predicted octanol–water partition coefficient (Wildman–Crippen LogP) is 12.6. The monoisotopic (exact) mass is 904 g/mol. The smallest absolute Gasteiger partial charge is 0.395 e. The normalized spacial score (nSPS) is 11.7. The summed E-state index contributed by atoms with van der Waals surface area (Å²) in [5.41, 5.74) is 7.93. The third-order valence-corrected chi connectivity index (χ3v) is 12.4. The number of aliphatic hydroxyl groups is 4. The summed E-state index contributed by atoms with van der Waals surface area (Å²) in [5.74, 6) is 1.96. The van der Waals surface area contributed by atoms with Crippen LogP contribution in [0.5, 0.6) is 11.5 Å². The molecule has 0 unspecified atom stereocenters. The van der Waals surface area contributed by atoms with E-state index in [2.05, 4.69) is 159 Å². The number of hydrogen-bond acceptors (Lipinski definition) is 8. The van der Waals surface area contributed by atoms with Gasteiger partial charge in [-0.1, -0.05) is 201 Å². The highest BCUT2D eigenvalue weighted by atomic mass is 31.1. The Kier molecular flexibility index (Phi) is 21.2. The molecule has 0 aromatic heterocycles. The Morgan fingerprint density at radius 1 is 0.453 bits per heavy atom. The van der Waals surface area contributed by atoms with Crippen molar-refractivity contribution in [3.63, 3.8) is 0 Å². The molecule has 0 bridgehead atoms. The third kappa shape index (κ3) is 14.5. The summed E-state index contributed by atoms with van der Waals surface area (Å²) in [4.78, 5) is 0. The van der Waals surface area contributed by atoms with E-state index in [1.54, 1.807) is 0 Å². The second-order valence-electron chi connectivity index (χ2n) is 17.7. The molecule has 6 aromatic rings. The Morgan fingerprint density at radius 2 is 0.797 bits per heavy atom. The van der Waals surface area contributed by atoms with Crippen molar-refractivity contribution < 1.29 is 38.6 Å². The predicted molar refractivity (Wildman–Crippen MR) is 261 cm³/mol. The number of aliphatic hydroxyl groups excluding tert-OH is 4. The van der Waals surface area contributed by atoms with Gasteiger partial charge in [0.15, 0.2) is 0 Å². The molecule has 340 valence electrons. The first-order valence-electron chi connectivity index (χ1n) is 21.4. The zero-order chi connectivity index (χ0) is 47.4. The molecule has 0 fully saturated rings. The van der Waals surface area contributed by atoms with E-state index in [1.807, 2.05) is 61.5 Å². The molecule has 8 nitrogen and oxygen atoms in total. The van der Waals surface area contributed by atoms with Crippen LogP contribution in [0.3, 0.4) is 0 Å². The molecule has 0 atom stereocenters. The van der Waals surface area contributed by atoms with Gasteiger partial charge in [0.1, 0.15) is 11.5 Å². The third-order valence-electron chi connectivity index (χ3n) is 11.8. The maximum absolute atomic E-state index is 11.2. The van der Waals surface area contributed by atoms with Crippen molar-refractivity contribution in [1.29, 1.82) is 0 Å². The molecule has 6 aromatic carbocycles. The summed E-state index contributed by atoms with van der Waals surface area (Å²) in [6.45, 7) is 17.9. The molecule has 0 saturated heterocycles. The van der Waals surface area contributed by atoms with Gasteiger partial charge in [-0.3, -0.25) is 0 Å². The van der Waals surface area contributed by atoms with E-state index in [0.29, 0.717) is 17.4 Å². The van der Waals surface area contributed by atoms with Gasteiger partial charge < -0.3 is 29.5 Å². The number of hydrogen-bond donors (Lipinski definition) is 4. The van der Waals surface area contributed by atoms with E-state index >= 15 is 0 Å². The average molecular weight is 905 g/mol. The highest BCUT2D eigenvalue weighted by molar-refractivity contribution is 7.18. The van der Waals surface area contributed by atoms with Crippen molar-refractivity contribution in [2.24, 2.45) is 5.41 Å². The molecular formula is C54H66O8P2. The van der Waals surface area contributed by atoms with Crippen molar-refractivity contribution in [3.05, 3.63) is 202 Å². The Morgan fingerprint density at radius 3 is 1.12 bits per heavy atom. The fourth-order valence-corrected chi connectivity index (χ4v) is 7.42. The summed E-state index contributed by atoms with van der Waals surface area (Å²) in [7, 11) is -0.659. The van der Waals surface area contributed by atoms with Crippen molar-refractivity contribution in [2.45, 2.75) is 84.5 Å². The maximum Gasteiger partial charge on any atom is 0.395 e. The second kappa shape index (κ2) is 25.4. The van der Waals surface area contributed by atoms with Crippen LogP contribution in [0.1, 0.15) is 106 Å². The molecule has 0 radical (unpaired) electrons. The zero-order valence-electron chi connectivity index (χ0n) is 38.7. The molecule has 4 N–H and O–H groups in total. The fraction of sp³-hybridized carbons (Fsp3) is 0.333. The Labute approximate surface area is 384 Å². The first-order chi connectivity index (χ1) is 30.5. The van der Waals surface area contributed by atoms with Crippen LogP contribution in [-0.2, 0) is 25.4 Å². The van der Waals surface area contributed by atoms with Crippen LogP contribution in [0.4, 0.5) is 0 Å². The van der Waals surface area contributed by atoms with Gasteiger partial charge in [0, 0.05) is 21.8 Å². The Hall–Kier alpha value is -5.04. The van der Waals surface area contributed by atoms with E-state index in [4.69, 9.17) is 29.5 Å². The van der Waals surface area contributed by atoms with Crippen molar-refractivity contribution in [3.8, 4) is 11.5 Å². The summed E-state index contributed by atoms with van der Waals surface area (Å²) >= 11 is 0. The van der Waals surface area contributed by atoms with E-state index in [9.17, 15) is 9.13 Å². The second-order valence-corrected chi connectivity index (χ2v) is 18.4. The molecule has 6 rings (SSSR count). The fourth-order valence-electron chi connectivity index (χ4n) is 6.90. The van der Waals surface area contributed by atoms with Crippen LogP contribution in [0.2, 0.25) is 0 Å². The zero-order valence-corrected chi connectivity index (χ0v) is 40.5. The summed E-state index contributed by atoms with van der Waals surface area (Å²) < 4.78 is 32.1. The van der Waals surface area contributed by atoms with E-state index in [-0.39, 0.29) is 33.6 Å². The Balaban J connectivity index is 0.000000254. The van der Waals surface area contributed by atoms with Crippen LogP contribution in [-0.4, -0.2) is 46.9 Å².